The van der Waals surface area contributed by atoms with E-state index in [1.807, 2.05) is 41.5 Å². The molecule has 0 spiro atoms. The quantitative estimate of drug-likeness (QED) is 0.438. The SMILES string of the molecule is CCC/C(OC(=O)C(C)(C)C)=C1\C(=O)CCC(C)=C1C. The molecule has 20 heavy (non-hydrogen) atoms. The van der Waals surface area contributed by atoms with E-state index in [9.17, 15) is 9.59 Å². The van der Waals surface area contributed by atoms with Gasteiger partial charge in [0.2, 0.25) is 0 Å². The lowest BCUT2D eigenvalue weighted by Gasteiger charge is -2.23. The fourth-order valence-electron chi connectivity index (χ4n) is 2.12. The summed E-state index contributed by atoms with van der Waals surface area (Å²) in [6.45, 7) is 11.5. The fraction of sp³-hybridized carbons (Fsp3) is 0.647. The first-order valence-electron chi connectivity index (χ1n) is 7.33. The number of rotatable bonds is 3. The third-order valence-electron chi connectivity index (χ3n) is 3.61. The van der Waals surface area contributed by atoms with Crippen LogP contribution in [0, 0.1) is 5.41 Å². The van der Waals surface area contributed by atoms with Gasteiger partial charge < -0.3 is 4.74 Å². The number of carbonyl (C=O) groups is 2. The van der Waals surface area contributed by atoms with Gasteiger partial charge in [-0.3, -0.25) is 9.59 Å². The highest BCUT2D eigenvalue weighted by Crippen LogP contribution is 2.32. The van der Waals surface area contributed by atoms with Crippen LogP contribution in [0.3, 0.4) is 0 Å². The van der Waals surface area contributed by atoms with E-state index >= 15 is 0 Å². The molecule has 0 aromatic rings. The van der Waals surface area contributed by atoms with Gasteiger partial charge in [-0.05, 0) is 53.0 Å². The first kappa shape index (κ1) is 16.7. The predicted molar refractivity (Wildman–Crippen MR) is 80.1 cm³/mol. The third-order valence-corrected chi connectivity index (χ3v) is 3.61. The number of hydrogen-bond donors (Lipinski definition) is 0. The zero-order valence-electron chi connectivity index (χ0n) is 13.6. The minimum atomic E-state index is -0.566. The molecule has 3 heteroatoms. The Hall–Kier alpha value is -1.38. The summed E-state index contributed by atoms with van der Waals surface area (Å²) in [5.74, 6) is 0.365. The normalized spacial score (nSPS) is 19.2. The summed E-state index contributed by atoms with van der Waals surface area (Å²) in [5.41, 5.74) is 2.25. The summed E-state index contributed by atoms with van der Waals surface area (Å²) in [6, 6.07) is 0. The number of Topliss-reactive ketones (excluding diaryl/α,β-unsaturated/α-hetero) is 1. The van der Waals surface area contributed by atoms with E-state index in [0.717, 1.165) is 18.4 Å². The van der Waals surface area contributed by atoms with E-state index in [1.165, 1.54) is 5.57 Å². The van der Waals surface area contributed by atoms with Crippen LogP contribution in [0.25, 0.3) is 0 Å². The molecular formula is C17H26O3. The monoisotopic (exact) mass is 278 g/mol. The van der Waals surface area contributed by atoms with Crippen LogP contribution in [-0.2, 0) is 14.3 Å². The van der Waals surface area contributed by atoms with E-state index in [1.54, 1.807) is 0 Å². The van der Waals surface area contributed by atoms with Crippen LogP contribution in [-0.4, -0.2) is 11.8 Å². The summed E-state index contributed by atoms with van der Waals surface area (Å²) in [6.07, 6.45) is 2.78. The molecule has 0 saturated carbocycles. The van der Waals surface area contributed by atoms with E-state index in [2.05, 4.69) is 0 Å². The van der Waals surface area contributed by atoms with Crippen molar-refractivity contribution in [2.75, 3.05) is 0 Å². The number of allylic oxidation sites excluding steroid dienone is 4. The molecule has 0 heterocycles. The molecule has 0 amide bonds. The Kier molecular flexibility index (Phi) is 5.32. The van der Waals surface area contributed by atoms with Crippen molar-refractivity contribution in [1.29, 1.82) is 0 Å². The number of carbonyl (C=O) groups excluding carboxylic acids is 2. The van der Waals surface area contributed by atoms with Crippen molar-refractivity contribution in [3.05, 3.63) is 22.5 Å². The third kappa shape index (κ3) is 3.81. The van der Waals surface area contributed by atoms with Gasteiger partial charge in [0, 0.05) is 12.8 Å². The van der Waals surface area contributed by atoms with Gasteiger partial charge in [-0.1, -0.05) is 12.5 Å². The summed E-state index contributed by atoms with van der Waals surface area (Å²) in [4.78, 5) is 24.3. The highest BCUT2D eigenvalue weighted by molar-refractivity contribution is 6.01. The molecule has 0 aromatic heterocycles. The largest absolute Gasteiger partial charge is 0.430 e. The first-order valence-corrected chi connectivity index (χ1v) is 7.33. The fourth-order valence-corrected chi connectivity index (χ4v) is 2.12. The summed E-state index contributed by atoms with van der Waals surface area (Å²) in [5, 5.41) is 0. The Bertz CT molecular complexity index is 473. The van der Waals surface area contributed by atoms with Crippen LogP contribution in [0.2, 0.25) is 0 Å². The van der Waals surface area contributed by atoms with Crippen LogP contribution in [0.4, 0.5) is 0 Å². The van der Waals surface area contributed by atoms with Gasteiger partial charge in [-0.15, -0.1) is 0 Å². The summed E-state index contributed by atoms with van der Waals surface area (Å²) < 4.78 is 5.57. The van der Waals surface area contributed by atoms with Crippen molar-refractivity contribution in [2.24, 2.45) is 5.41 Å². The number of esters is 1. The molecule has 0 atom stereocenters. The van der Waals surface area contributed by atoms with Crippen LogP contribution in [0.5, 0.6) is 0 Å². The molecular weight excluding hydrogens is 252 g/mol. The van der Waals surface area contributed by atoms with Gasteiger partial charge in [0.1, 0.15) is 5.76 Å². The Balaban J connectivity index is 3.23. The zero-order chi connectivity index (χ0) is 15.5. The molecule has 0 radical (unpaired) electrons. The minimum Gasteiger partial charge on any atom is -0.430 e. The highest BCUT2D eigenvalue weighted by atomic mass is 16.5. The molecule has 0 N–H and O–H groups in total. The average molecular weight is 278 g/mol. The Labute approximate surface area is 122 Å². The van der Waals surface area contributed by atoms with Gasteiger partial charge in [-0.25, -0.2) is 0 Å². The smallest absolute Gasteiger partial charge is 0.316 e. The van der Waals surface area contributed by atoms with E-state index in [0.29, 0.717) is 24.2 Å². The van der Waals surface area contributed by atoms with Crippen LogP contribution < -0.4 is 0 Å². The molecule has 3 nitrogen and oxygen atoms in total. The molecule has 0 bridgehead atoms. The lowest BCUT2D eigenvalue weighted by molar-refractivity contribution is -0.148. The highest BCUT2D eigenvalue weighted by Gasteiger charge is 2.29. The Morgan fingerprint density at radius 2 is 1.80 bits per heavy atom. The van der Waals surface area contributed by atoms with Crippen molar-refractivity contribution >= 4 is 11.8 Å². The maximum atomic E-state index is 12.2. The summed E-state index contributed by atoms with van der Waals surface area (Å²) >= 11 is 0. The molecule has 0 unspecified atom stereocenters. The molecule has 1 aliphatic rings. The maximum absolute atomic E-state index is 12.2. The lowest BCUT2D eigenvalue weighted by atomic mass is 9.86. The van der Waals surface area contributed by atoms with Gasteiger partial charge in [0.25, 0.3) is 0 Å². The Morgan fingerprint density at radius 3 is 2.30 bits per heavy atom. The summed E-state index contributed by atoms with van der Waals surface area (Å²) in [7, 11) is 0. The second kappa shape index (κ2) is 6.38. The molecule has 1 rings (SSSR count). The number of ketones is 1. The van der Waals surface area contributed by atoms with E-state index in [-0.39, 0.29) is 11.8 Å². The minimum absolute atomic E-state index is 0.0956. The molecule has 0 aliphatic heterocycles. The first-order chi connectivity index (χ1) is 9.18. The average Bonchev–Trinajstić information content (AvgIpc) is 2.33. The zero-order valence-corrected chi connectivity index (χ0v) is 13.6. The van der Waals surface area contributed by atoms with Crippen molar-refractivity contribution in [2.45, 2.75) is 67.2 Å². The molecule has 0 aromatic carbocycles. The molecule has 0 fully saturated rings. The van der Waals surface area contributed by atoms with E-state index < -0.39 is 5.41 Å². The topological polar surface area (TPSA) is 43.4 Å². The second-order valence-corrected chi connectivity index (χ2v) is 6.52. The van der Waals surface area contributed by atoms with Crippen molar-refractivity contribution in [3.63, 3.8) is 0 Å². The number of hydrogen-bond acceptors (Lipinski definition) is 3. The van der Waals surface area contributed by atoms with Crippen LogP contribution in [0.1, 0.15) is 67.2 Å². The standard InChI is InChI=1S/C17H26O3/c1-7-8-14(20-16(19)17(4,5)6)15-12(3)11(2)9-10-13(15)18/h7-10H2,1-6H3/b15-14+. The maximum Gasteiger partial charge on any atom is 0.316 e. The van der Waals surface area contributed by atoms with Gasteiger partial charge in [-0.2, -0.15) is 0 Å². The molecule has 112 valence electrons. The van der Waals surface area contributed by atoms with Crippen LogP contribution >= 0.6 is 0 Å². The van der Waals surface area contributed by atoms with E-state index in [4.69, 9.17) is 4.74 Å². The van der Waals surface area contributed by atoms with Crippen molar-refractivity contribution in [1.82, 2.24) is 0 Å². The second-order valence-electron chi connectivity index (χ2n) is 6.52. The number of ether oxygens (including phenoxy) is 1. The predicted octanol–water partition coefficient (Wildman–Crippen LogP) is 4.33. The molecule has 1 aliphatic carbocycles. The van der Waals surface area contributed by atoms with Crippen molar-refractivity contribution in [3.8, 4) is 0 Å². The molecule has 0 saturated heterocycles. The lowest BCUT2D eigenvalue weighted by Crippen LogP contribution is -2.24. The van der Waals surface area contributed by atoms with Gasteiger partial charge in [0.05, 0.1) is 11.0 Å². The van der Waals surface area contributed by atoms with Gasteiger partial charge in [0.15, 0.2) is 5.78 Å². The Morgan fingerprint density at radius 1 is 1.20 bits per heavy atom. The van der Waals surface area contributed by atoms with Gasteiger partial charge >= 0.3 is 5.97 Å². The van der Waals surface area contributed by atoms with Crippen LogP contribution in [0.15, 0.2) is 22.5 Å². The van der Waals surface area contributed by atoms with Crippen molar-refractivity contribution < 1.29 is 14.3 Å².